The van der Waals surface area contributed by atoms with Gasteiger partial charge in [0.1, 0.15) is 5.75 Å². The van der Waals surface area contributed by atoms with Gasteiger partial charge in [-0.3, -0.25) is 4.79 Å². The quantitative estimate of drug-likeness (QED) is 0.693. The Morgan fingerprint density at radius 3 is 2.50 bits per heavy atom. The van der Waals surface area contributed by atoms with Gasteiger partial charge in [-0.2, -0.15) is 0 Å². The van der Waals surface area contributed by atoms with Crippen molar-refractivity contribution in [1.29, 1.82) is 0 Å². The summed E-state index contributed by atoms with van der Waals surface area (Å²) in [6, 6.07) is 13.8. The van der Waals surface area contributed by atoms with Gasteiger partial charge in [0.25, 0.3) is 5.91 Å². The monoisotopic (exact) mass is 331 g/mol. The summed E-state index contributed by atoms with van der Waals surface area (Å²) in [7, 11) is 0. The normalized spacial score (nSPS) is 10.7. The number of aromatic hydroxyl groups is 1. The lowest BCUT2D eigenvalue weighted by Gasteiger charge is -2.08. The maximum atomic E-state index is 12.1. The first-order valence-electron chi connectivity index (χ1n) is 5.92. The maximum absolute atomic E-state index is 12.1. The van der Waals surface area contributed by atoms with E-state index in [4.69, 9.17) is 4.42 Å². The highest BCUT2D eigenvalue weighted by Gasteiger charge is 2.13. The number of furan rings is 1. The molecule has 1 amide bonds. The number of anilines is 1. The Morgan fingerprint density at radius 1 is 1.05 bits per heavy atom. The third-order valence-electron chi connectivity index (χ3n) is 2.95. The molecule has 20 heavy (non-hydrogen) atoms. The van der Waals surface area contributed by atoms with E-state index in [-0.39, 0.29) is 17.4 Å². The van der Waals surface area contributed by atoms with E-state index in [0.717, 1.165) is 5.39 Å². The van der Waals surface area contributed by atoms with Gasteiger partial charge < -0.3 is 14.8 Å². The summed E-state index contributed by atoms with van der Waals surface area (Å²) in [5.41, 5.74) is 0.621. The van der Waals surface area contributed by atoms with Gasteiger partial charge in [-0.05, 0) is 40.2 Å². The van der Waals surface area contributed by atoms with Crippen LogP contribution in [0.4, 0.5) is 5.69 Å². The predicted molar refractivity (Wildman–Crippen MR) is 80.0 cm³/mol. The first-order chi connectivity index (χ1) is 9.65. The van der Waals surface area contributed by atoms with Crippen molar-refractivity contribution in [2.24, 2.45) is 0 Å². The fraction of sp³-hybridized carbons (Fsp3) is 0. The number of rotatable bonds is 2. The topological polar surface area (TPSA) is 62.5 Å². The molecule has 0 unspecified atom stereocenters. The summed E-state index contributed by atoms with van der Waals surface area (Å²) in [6.07, 6.45) is 0. The zero-order valence-electron chi connectivity index (χ0n) is 10.3. The number of phenols is 1. The fourth-order valence-electron chi connectivity index (χ4n) is 2.01. The standard InChI is InChI=1S/C15H10BrNO3/c16-14-8-7-13(20-14)15(19)17-11-5-6-12(18)10-4-2-1-3-9(10)11/h1-8,18H,(H,17,19). The van der Waals surface area contributed by atoms with Crippen LogP contribution in [0.2, 0.25) is 0 Å². The summed E-state index contributed by atoms with van der Waals surface area (Å²) >= 11 is 3.16. The molecule has 1 heterocycles. The molecule has 0 atom stereocenters. The second-order valence-corrected chi connectivity index (χ2v) is 5.02. The number of amides is 1. The highest BCUT2D eigenvalue weighted by Crippen LogP contribution is 2.31. The van der Waals surface area contributed by atoms with Gasteiger partial charge in [0, 0.05) is 16.5 Å². The summed E-state index contributed by atoms with van der Waals surface area (Å²) in [6.45, 7) is 0. The van der Waals surface area contributed by atoms with E-state index < -0.39 is 0 Å². The minimum atomic E-state index is -0.341. The fourth-order valence-corrected chi connectivity index (χ4v) is 2.32. The number of benzene rings is 2. The molecule has 1 aromatic heterocycles. The molecule has 0 aliphatic carbocycles. The number of halogens is 1. The van der Waals surface area contributed by atoms with Crippen LogP contribution in [0.5, 0.6) is 5.75 Å². The summed E-state index contributed by atoms with van der Waals surface area (Å²) < 4.78 is 5.71. The lowest BCUT2D eigenvalue weighted by molar-refractivity contribution is 0.0995. The van der Waals surface area contributed by atoms with Crippen molar-refractivity contribution in [2.45, 2.75) is 0 Å². The Bertz CT molecular complexity index is 795. The first kappa shape index (κ1) is 12.7. The number of hydrogen-bond acceptors (Lipinski definition) is 3. The molecule has 4 nitrogen and oxygen atoms in total. The van der Waals surface area contributed by atoms with Gasteiger partial charge in [-0.25, -0.2) is 0 Å². The summed E-state index contributed by atoms with van der Waals surface area (Å²) in [5.74, 6) is 0.0555. The zero-order chi connectivity index (χ0) is 14.1. The molecule has 2 aromatic carbocycles. The van der Waals surface area contributed by atoms with E-state index in [1.807, 2.05) is 18.2 Å². The predicted octanol–water partition coefficient (Wildman–Crippen LogP) is 4.15. The second-order valence-electron chi connectivity index (χ2n) is 4.24. The Labute approximate surface area is 123 Å². The molecule has 0 fully saturated rings. The smallest absolute Gasteiger partial charge is 0.291 e. The number of phenolic OH excluding ortho intramolecular Hbond substituents is 1. The third kappa shape index (κ3) is 2.28. The van der Waals surface area contributed by atoms with E-state index in [0.29, 0.717) is 15.7 Å². The third-order valence-corrected chi connectivity index (χ3v) is 3.37. The van der Waals surface area contributed by atoms with Gasteiger partial charge in [-0.15, -0.1) is 0 Å². The number of fused-ring (bicyclic) bond motifs is 1. The van der Waals surface area contributed by atoms with Crippen LogP contribution in [0.15, 0.2) is 57.6 Å². The van der Waals surface area contributed by atoms with Crippen LogP contribution in [0.25, 0.3) is 10.8 Å². The maximum Gasteiger partial charge on any atom is 0.291 e. The van der Waals surface area contributed by atoms with Crippen molar-refractivity contribution in [3.8, 4) is 5.75 Å². The van der Waals surface area contributed by atoms with Crippen LogP contribution >= 0.6 is 15.9 Å². The van der Waals surface area contributed by atoms with Crippen LogP contribution in [-0.4, -0.2) is 11.0 Å². The molecule has 0 spiro atoms. The van der Waals surface area contributed by atoms with Gasteiger partial charge >= 0.3 is 0 Å². The number of carbonyl (C=O) groups excluding carboxylic acids is 1. The van der Waals surface area contributed by atoms with Crippen LogP contribution in [0, 0.1) is 0 Å². The first-order valence-corrected chi connectivity index (χ1v) is 6.72. The SMILES string of the molecule is O=C(Nc1ccc(O)c2ccccc12)c1ccc(Br)o1. The van der Waals surface area contributed by atoms with Gasteiger partial charge in [-0.1, -0.05) is 24.3 Å². The van der Waals surface area contributed by atoms with E-state index in [1.54, 1.807) is 30.3 Å². The average molecular weight is 332 g/mol. The van der Waals surface area contributed by atoms with Crippen molar-refractivity contribution in [3.05, 3.63) is 59.0 Å². The van der Waals surface area contributed by atoms with Gasteiger partial charge in [0.15, 0.2) is 10.4 Å². The molecule has 0 aliphatic heterocycles. The zero-order valence-corrected chi connectivity index (χ0v) is 11.8. The Balaban J connectivity index is 1.99. The molecule has 3 aromatic rings. The van der Waals surface area contributed by atoms with Crippen molar-refractivity contribution >= 4 is 38.3 Å². The van der Waals surface area contributed by atoms with Crippen molar-refractivity contribution in [1.82, 2.24) is 0 Å². The van der Waals surface area contributed by atoms with Crippen LogP contribution in [-0.2, 0) is 0 Å². The molecule has 0 saturated carbocycles. The molecule has 0 saturated heterocycles. The molecule has 3 rings (SSSR count). The second kappa shape index (κ2) is 5.02. The van der Waals surface area contributed by atoms with Crippen LogP contribution < -0.4 is 5.32 Å². The average Bonchev–Trinajstić information content (AvgIpc) is 2.89. The Hall–Kier alpha value is -2.27. The highest BCUT2D eigenvalue weighted by molar-refractivity contribution is 9.10. The molecule has 2 N–H and O–H groups in total. The number of carbonyl (C=O) groups is 1. The lowest BCUT2D eigenvalue weighted by Crippen LogP contribution is -2.11. The summed E-state index contributed by atoms with van der Waals surface area (Å²) in [4.78, 5) is 12.1. The van der Waals surface area contributed by atoms with Crippen LogP contribution in [0.1, 0.15) is 10.6 Å². The molecule has 0 aliphatic rings. The molecular formula is C15H10BrNO3. The highest BCUT2D eigenvalue weighted by atomic mass is 79.9. The minimum absolute atomic E-state index is 0.180. The summed E-state index contributed by atoms with van der Waals surface area (Å²) in [5, 5.41) is 14.0. The van der Waals surface area contributed by atoms with E-state index in [2.05, 4.69) is 21.2 Å². The number of nitrogens with one attached hydrogen (secondary N) is 1. The van der Waals surface area contributed by atoms with Crippen molar-refractivity contribution in [2.75, 3.05) is 5.32 Å². The van der Waals surface area contributed by atoms with Crippen LogP contribution in [0.3, 0.4) is 0 Å². The van der Waals surface area contributed by atoms with Crippen molar-refractivity contribution < 1.29 is 14.3 Å². The minimum Gasteiger partial charge on any atom is -0.507 e. The van der Waals surface area contributed by atoms with E-state index in [9.17, 15) is 9.90 Å². The number of hydrogen-bond donors (Lipinski definition) is 2. The largest absolute Gasteiger partial charge is 0.507 e. The molecule has 0 bridgehead atoms. The van der Waals surface area contributed by atoms with E-state index in [1.165, 1.54) is 0 Å². The van der Waals surface area contributed by atoms with E-state index >= 15 is 0 Å². The Morgan fingerprint density at radius 2 is 1.80 bits per heavy atom. The van der Waals surface area contributed by atoms with Crippen molar-refractivity contribution in [3.63, 3.8) is 0 Å². The Kier molecular flexibility index (Phi) is 3.20. The van der Waals surface area contributed by atoms with Gasteiger partial charge in [0.2, 0.25) is 0 Å². The molecule has 5 heteroatoms. The lowest BCUT2D eigenvalue weighted by atomic mass is 10.1. The molecule has 0 radical (unpaired) electrons. The molecular weight excluding hydrogens is 322 g/mol. The molecule has 100 valence electrons. The van der Waals surface area contributed by atoms with Gasteiger partial charge in [0.05, 0.1) is 0 Å².